The summed E-state index contributed by atoms with van der Waals surface area (Å²) in [6.07, 6.45) is 1.24. The lowest BCUT2D eigenvalue weighted by molar-refractivity contribution is -0.161. The molecule has 86 valence electrons. The Kier molecular flexibility index (Phi) is 2.75. The van der Waals surface area contributed by atoms with Crippen LogP contribution in [0.3, 0.4) is 0 Å². The summed E-state index contributed by atoms with van der Waals surface area (Å²) in [7, 11) is 0. The van der Waals surface area contributed by atoms with Crippen LogP contribution < -0.4 is 0 Å². The monoisotopic (exact) mass is 210 g/mol. The molecule has 0 aromatic carbocycles. The van der Waals surface area contributed by atoms with Gasteiger partial charge in [-0.1, -0.05) is 20.8 Å². The predicted octanol–water partition coefficient (Wildman–Crippen LogP) is 1.20. The van der Waals surface area contributed by atoms with Crippen LogP contribution in [0, 0.1) is 11.3 Å². The normalized spacial score (nSPS) is 24.1. The minimum absolute atomic E-state index is 0.161. The van der Waals surface area contributed by atoms with Gasteiger partial charge in [0.2, 0.25) is 5.91 Å². The fourth-order valence-electron chi connectivity index (χ4n) is 2.86. The van der Waals surface area contributed by atoms with Crippen molar-refractivity contribution in [2.45, 2.75) is 27.2 Å². The van der Waals surface area contributed by atoms with Crippen molar-refractivity contribution in [3.8, 4) is 0 Å². The van der Waals surface area contributed by atoms with E-state index in [-0.39, 0.29) is 5.92 Å². The predicted molar refractivity (Wildman–Crippen MR) is 60.6 cm³/mol. The number of hydrogen-bond acceptors (Lipinski definition) is 2. The summed E-state index contributed by atoms with van der Waals surface area (Å²) >= 11 is 0. The van der Waals surface area contributed by atoms with Crippen molar-refractivity contribution >= 4 is 5.91 Å². The van der Waals surface area contributed by atoms with E-state index in [0.29, 0.717) is 11.3 Å². The molecule has 1 spiro atoms. The van der Waals surface area contributed by atoms with Crippen LogP contribution in [-0.4, -0.2) is 48.4 Å². The highest BCUT2D eigenvalue weighted by molar-refractivity contribution is 5.79. The Bertz CT molecular complexity index is 248. The molecule has 3 heteroatoms. The molecule has 2 rings (SSSR count). The first-order chi connectivity index (χ1) is 7.06. The van der Waals surface area contributed by atoms with Crippen LogP contribution in [0.1, 0.15) is 27.2 Å². The third-order valence-corrected chi connectivity index (χ3v) is 3.52. The first-order valence-electron chi connectivity index (χ1n) is 6.07. The number of carbonyl (C=O) groups is 1. The standard InChI is InChI=1S/C12H22N2O/c1-4-5-13-6-12(7-13)8-14(9-12)11(15)10(2)3/h10H,4-9H2,1-3H3. The van der Waals surface area contributed by atoms with Gasteiger partial charge < -0.3 is 9.80 Å². The number of hydrogen-bond donors (Lipinski definition) is 0. The Morgan fingerprint density at radius 3 is 2.33 bits per heavy atom. The minimum atomic E-state index is 0.161. The number of rotatable bonds is 3. The highest BCUT2D eigenvalue weighted by Crippen LogP contribution is 2.39. The second-order valence-electron chi connectivity index (χ2n) is 5.56. The van der Waals surface area contributed by atoms with Crippen molar-refractivity contribution in [1.82, 2.24) is 9.80 Å². The first kappa shape index (κ1) is 10.9. The van der Waals surface area contributed by atoms with Crippen LogP contribution in [0.4, 0.5) is 0 Å². The average molecular weight is 210 g/mol. The summed E-state index contributed by atoms with van der Waals surface area (Å²) < 4.78 is 0. The molecule has 0 aliphatic carbocycles. The summed E-state index contributed by atoms with van der Waals surface area (Å²) in [4.78, 5) is 16.2. The number of nitrogens with zero attached hydrogens (tertiary/aromatic N) is 2. The zero-order chi connectivity index (χ0) is 11.1. The quantitative estimate of drug-likeness (QED) is 0.699. The van der Waals surface area contributed by atoms with E-state index in [1.807, 2.05) is 18.7 Å². The average Bonchev–Trinajstić information content (AvgIpc) is 2.05. The van der Waals surface area contributed by atoms with Gasteiger partial charge in [0.25, 0.3) is 0 Å². The Hall–Kier alpha value is -0.570. The van der Waals surface area contributed by atoms with Crippen LogP contribution in [0.5, 0.6) is 0 Å². The minimum Gasteiger partial charge on any atom is -0.341 e. The Morgan fingerprint density at radius 2 is 1.87 bits per heavy atom. The zero-order valence-corrected chi connectivity index (χ0v) is 10.1. The maximum absolute atomic E-state index is 11.7. The van der Waals surface area contributed by atoms with Gasteiger partial charge in [-0.2, -0.15) is 0 Å². The molecule has 1 amide bonds. The summed E-state index contributed by atoms with van der Waals surface area (Å²) in [6, 6.07) is 0. The summed E-state index contributed by atoms with van der Waals surface area (Å²) in [5.41, 5.74) is 0.486. The number of carbonyl (C=O) groups excluding carboxylic acids is 1. The van der Waals surface area contributed by atoms with E-state index < -0.39 is 0 Å². The van der Waals surface area contributed by atoms with Gasteiger partial charge in [0.05, 0.1) is 0 Å². The van der Waals surface area contributed by atoms with E-state index in [1.165, 1.54) is 26.1 Å². The lowest BCUT2D eigenvalue weighted by Crippen LogP contribution is -2.73. The molecule has 2 aliphatic rings. The van der Waals surface area contributed by atoms with E-state index in [4.69, 9.17) is 0 Å². The summed E-state index contributed by atoms with van der Waals surface area (Å²) in [5, 5.41) is 0. The maximum Gasteiger partial charge on any atom is 0.225 e. The van der Waals surface area contributed by atoms with Gasteiger partial charge in [-0.25, -0.2) is 0 Å². The van der Waals surface area contributed by atoms with E-state index in [9.17, 15) is 4.79 Å². The summed E-state index contributed by atoms with van der Waals surface area (Å²) in [6.45, 7) is 11.8. The molecule has 0 aromatic heterocycles. The van der Waals surface area contributed by atoms with Crippen molar-refractivity contribution < 1.29 is 4.79 Å². The largest absolute Gasteiger partial charge is 0.341 e. The summed E-state index contributed by atoms with van der Waals surface area (Å²) in [5.74, 6) is 0.490. The van der Waals surface area contributed by atoms with E-state index in [2.05, 4.69) is 11.8 Å². The molecule has 0 unspecified atom stereocenters. The van der Waals surface area contributed by atoms with Gasteiger partial charge in [0, 0.05) is 37.5 Å². The third-order valence-electron chi connectivity index (χ3n) is 3.52. The van der Waals surface area contributed by atoms with Gasteiger partial charge >= 0.3 is 0 Å². The Balaban J connectivity index is 1.73. The maximum atomic E-state index is 11.7. The van der Waals surface area contributed by atoms with Gasteiger partial charge in [-0.15, -0.1) is 0 Å². The molecule has 0 aromatic rings. The lowest BCUT2D eigenvalue weighted by atomic mass is 9.72. The fraction of sp³-hybridized carbons (Fsp3) is 0.917. The van der Waals surface area contributed by atoms with E-state index >= 15 is 0 Å². The van der Waals surface area contributed by atoms with Crippen molar-refractivity contribution in [1.29, 1.82) is 0 Å². The van der Waals surface area contributed by atoms with Crippen LogP contribution in [0.2, 0.25) is 0 Å². The highest BCUT2D eigenvalue weighted by Gasteiger charge is 2.52. The fourth-order valence-corrected chi connectivity index (χ4v) is 2.86. The Labute approximate surface area is 92.4 Å². The molecule has 2 saturated heterocycles. The zero-order valence-electron chi connectivity index (χ0n) is 10.1. The molecule has 0 N–H and O–H groups in total. The van der Waals surface area contributed by atoms with Crippen molar-refractivity contribution in [3.63, 3.8) is 0 Å². The molecular formula is C12H22N2O. The molecule has 2 aliphatic heterocycles. The molecule has 3 nitrogen and oxygen atoms in total. The molecule has 15 heavy (non-hydrogen) atoms. The van der Waals surface area contributed by atoms with Gasteiger partial charge in [0.15, 0.2) is 0 Å². The third kappa shape index (κ3) is 1.89. The molecule has 2 fully saturated rings. The molecule has 0 radical (unpaired) electrons. The van der Waals surface area contributed by atoms with E-state index in [1.54, 1.807) is 0 Å². The molecule has 0 bridgehead atoms. The SMILES string of the molecule is CCCN1CC2(C1)CN(C(=O)C(C)C)C2. The van der Waals surface area contributed by atoms with Crippen molar-refractivity contribution in [3.05, 3.63) is 0 Å². The Morgan fingerprint density at radius 1 is 1.27 bits per heavy atom. The number of likely N-dealkylation sites (tertiary alicyclic amines) is 2. The van der Waals surface area contributed by atoms with Crippen molar-refractivity contribution in [2.24, 2.45) is 11.3 Å². The molecule has 0 saturated carbocycles. The molecule has 0 atom stereocenters. The van der Waals surface area contributed by atoms with E-state index in [0.717, 1.165) is 13.1 Å². The van der Waals surface area contributed by atoms with Crippen LogP contribution in [-0.2, 0) is 4.79 Å². The van der Waals surface area contributed by atoms with Gasteiger partial charge in [-0.3, -0.25) is 4.79 Å². The second kappa shape index (κ2) is 3.78. The number of amides is 1. The topological polar surface area (TPSA) is 23.6 Å². The van der Waals surface area contributed by atoms with Crippen LogP contribution >= 0.6 is 0 Å². The smallest absolute Gasteiger partial charge is 0.225 e. The second-order valence-corrected chi connectivity index (χ2v) is 5.56. The highest BCUT2D eigenvalue weighted by atomic mass is 16.2. The van der Waals surface area contributed by atoms with Crippen LogP contribution in [0.15, 0.2) is 0 Å². The van der Waals surface area contributed by atoms with Gasteiger partial charge in [-0.05, 0) is 13.0 Å². The molecule has 2 heterocycles. The first-order valence-corrected chi connectivity index (χ1v) is 6.07. The van der Waals surface area contributed by atoms with Crippen LogP contribution in [0.25, 0.3) is 0 Å². The molecular weight excluding hydrogens is 188 g/mol. The lowest BCUT2D eigenvalue weighted by Gasteiger charge is -2.60. The van der Waals surface area contributed by atoms with Gasteiger partial charge in [0.1, 0.15) is 0 Å². The van der Waals surface area contributed by atoms with Crippen molar-refractivity contribution in [2.75, 3.05) is 32.7 Å².